The number of benzene rings is 1. The largest absolute Gasteiger partial charge is 0.374 e. The number of hydrogen-bond donors (Lipinski definition) is 0. The second-order valence-corrected chi connectivity index (χ2v) is 13.8. The van der Waals surface area contributed by atoms with Crippen LogP contribution in [0.15, 0.2) is 30.3 Å². The van der Waals surface area contributed by atoms with Gasteiger partial charge in [-0.2, -0.15) is 0 Å². The molecule has 7 atom stereocenters. The lowest BCUT2D eigenvalue weighted by atomic mass is 9.68. The number of hydrogen-bond acceptors (Lipinski definition) is 5. The second-order valence-electron chi connectivity index (χ2n) is 11.9. The van der Waals surface area contributed by atoms with Crippen molar-refractivity contribution < 1.29 is 22.7 Å². The maximum absolute atomic E-state index is 13.8. The number of nitrogens with zero attached hydrogens (tertiary/aromatic N) is 1. The number of sulfonamides is 1. The van der Waals surface area contributed by atoms with Crippen molar-refractivity contribution in [1.82, 2.24) is 4.31 Å². The number of carbonyl (C=O) groups excluding carboxylic acids is 1. The van der Waals surface area contributed by atoms with Crippen LogP contribution in [-0.2, 0) is 30.9 Å². The van der Waals surface area contributed by atoms with Gasteiger partial charge in [0, 0.05) is 11.3 Å². The first-order valence-electron chi connectivity index (χ1n) is 12.5. The Morgan fingerprint density at radius 2 is 1.97 bits per heavy atom. The van der Waals surface area contributed by atoms with Crippen molar-refractivity contribution >= 4 is 15.9 Å². The van der Waals surface area contributed by atoms with E-state index in [0.29, 0.717) is 25.6 Å². The molecule has 3 saturated carbocycles. The minimum absolute atomic E-state index is 0.0193. The molecule has 6 rings (SSSR count). The van der Waals surface area contributed by atoms with Crippen LogP contribution in [-0.4, -0.2) is 48.7 Å². The lowest BCUT2D eigenvalue weighted by Crippen LogP contribution is -2.49. The van der Waals surface area contributed by atoms with Gasteiger partial charge in [0.05, 0.1) is 31.1 Å². The third kappa shape index (κ3) is 3.04. The van der Waals surface area contributed by atoms with E-state index in [-0.39, 0.29) is 52.1 Å². The number of ether oxygens (including phenoxy) is 2. The predicted octanol–water partition coefficient (Wildman–Crippen LogP) is 3.75. The van der Waals surface area contributed by atoms with Crippen LogP contribution in [0.2, 0.25) is 0 Å². The van der Waals surface area contributed by atoms with E-state index >= 15 is 0 Å². The zero-order chi connectivity index (χ0) is 23.2. The fraction of sp³-hybridized carbons (Fsp3) is 0.731. The van der Waals surface area contributed by atoms with Crippen molar-refractivity contribution in [3.63, 3.8) is 0 Å². The average molecular weight is 474 g/mol. The number of epoxide rings is 1. The van der Waals surface area contributed by atoms with Crippen LogP contribution in [0.3, 0.4) is 0 Å². The van der Waals surface area contributed by atoms with Gasteiger partial charge in [0.2, 0.25) is 15.9 Å². The Morgan fingerprint density at radius 1 is 1.21 bits per heavy atom. The summed E-state index contributed by atoms with van der Waals surface area (Å²) in [6, 6.07) is 9.92. The van der Waals surface area contributed by atoms with E-state index in [1.807, 2.05) is 30.3 Å². The Balaban J connectivity index is 1.15. The molecule has 0 unspecified atom stereocenters. The SMILES string of the molecule is C[C@H]1C[C@]2(COCc3ccccc3)O[C@@H]2C[C@@H]1C(=O)N1[C@@H]2C[C@H]3CC[C@@]2(CS1(=O)=O)C3(C)C. The molecule has 180 valence electrons. The van der Waals surface area contributed by atoms with Crippen LogP contribution in [0, 0.1) is 28.6 Å². The molecule has 0 aromatic heterocycles. The summed E-state index contributed by atoms with van der Waals surface area (Å²) in [5.74, 6) is 0.236. The first-order chi connectivity index (χ1) is 15.6. The van der Waals surface area contributed by atoms with Crippen LogP contribution in [0.25, 0.3) is 0 Å². The first-order valence-corrected chi connectivity index (χ1v) is 14.1. The van der Waals surface area contributed by atoms with Gasteiger partial charge in [-0.3, -0.25) is 4.79 Å². The number of fused-ring (bicyclic) bond motifs is 2. The maximum Gasteiger partial charge on any atom is 0.239 e. The topological polar surface area (TPSA) is 76.2 Å². The maximum atomic E-state index is 13.8. The zero-order valence-electron chi connectivity index (χ0n) is 19.8. The minimum Gasteiger partial charge on any atom is -0.374 e. The van der Waals surface area contributed by atoms with Crippen LogP contribution in [0.5, 0.6) is 0 Å². The van der Waals surface area contributed by atoms with Gasteiger partial charge in [0.15, 0.2) is 0 Å². The standard InChI is InChI=1S/C26H35NO5S/c1-17-13-26(15-31-14-18-7-5-4-6-8-18)22(32-26)12-20(17)23(28)27-21-11-19-9-10-25(21,24(19,2)3)16-33(27,29)30/h4-8,17,19-22H,9-16H2,1-3H3/t17-,19+,20-,21+,22+,25-,26+/m0/s1. The Morgan fingerprint density at radius 3 is 2.70 bits per heavy atom. The molecule has 3 aliphatic carbocycles. The third-order valence-corrected chi connectivity index (χ3v) is 12.0. The van der Waals surface area contributed by atoms with E-state index in [9.17, 15) is 13.2 Å². The molecule has 1 spiro atoms. The third-order valence-electron chi connectivity index (χ3n) is 10.1. The van der Waals surface area contributed by atoms with E-state index in [1.165, 1.54) is 4.31 Å². The lowest BCUT2D eigenvalue weighted by molar-refractivity contribution is -0.136. The highest BCUT2D eigenvalue weighted by Gasteiger charge is 2.73. The molecule has 2 aliphatic heterocycles. The van der Waals surface area contributed by atoms with Crippen molar-refractivity contribution in [2.75, 3.05) is 12.4 Å². The van der Waals surface area contributed by atoms with Crippen molar-refractivity contribution in [3.05, 3.63) is 35.9 Å². The highest BCUT2D eigenvalue weighted by Crippen LogP contribution is 2.70. The molecule has 1 aromatic rings. The minimum atomic E-state index is -3.58. The molecule has 5 fully saturated rings. The van der Waals surface area contributed by atoms with Crippen LogP contribution in [0.4, 0.5) is 0 Å². The average Bonchev–Trinajstić information content (AvgIpc) is 3.25. The quantitative estimate of drug-likeness (QED) is 0.609. The number of rotatable bonds is 5. The van der Waals surface area contributed by atoms with Crippen molar-refractivity contribution in [2.24, 2.45) is 28.6 Å². The Labute approximate surface area is 197 Å². The van der Waals surface area contributed by atoms with E-state index in [1.54, 1.807) is 0 Å². The van der Waals surface area contributed by atoms with Crippen LogP contribution >= 0.6 is 0 Å². The van der Waals surface area contributed by atoms with Gasteiger partial charge in [-0.15, -0.1) is 0 Å². The summed E-state index contributed by atoms with van der Waals surface area (Å²) in [5.41, 5.74) is 0.521. The molecule has 33 heavy (non-hydrogen) atoms. The van der Waals surface area contributed by atoms with E-state index in [0.717, 1.165) is 31.2 Å². The fourth-order valence-corrected chi connectivity index (χ4v) is 10.6. The van der Waals surface area contributed by atoms with Gasteiger partial charge < -0.3 is 9.47 Å². The Hall–Kier alpha value is -1.44. The second kappa shape index (κ2) is 7.05. The molecule has 2 heterocycles. The highest BCUT2D eigenvalue weighted by molar-refractivity contribution is 7.90. The van der Waals surface area contributed by atoms with E-state index in [2.05, 4.69) is 20.8 Å². The zero-order valence-corrected chi connectivity index (χ0v) is 20.6. The highest BCUT2D eigenvalue weighted by atomic mass is 32.2. The molecule has 6 nitrogen and oxygen atoms in total. The van der Waals surface area contributed by atoms with Gasteiger partial charge in [-0.05, 0) is 54.9 Å². The van der Waals surface area contributed by atoms with E-state index in [4.69, 9.17) is 9.47 Å². The normalized spacial score (nSPS) is 43.8. The summed E-state index contributed by atoms with van der Waals surface area (Å²) in [6.07, 6.45) is 4.15. The van der Waals surface area contributed by atoms with Crippen molar-refractivity contribution in [3.8, 4) is 0 Å². The van der Waals surface area contributed by atoms with Gasteiger partial charge >= 0.3 is 0 Å². The first kappa shape index (κ1) is 22.1. The Kier molecular flexibility index (Phi) is 4.71. The fourth-order valence-electron chi connectivity index (χ4n) is 8.03. The van der Waals surface area contributed by atoms with Crippen molar-refractivity contribution in [1.29, 1.82) is 0 Å². The number of amides is 1. The summed E-state index contributed by atoms with van der Waals surface area (Å²) >= 11 is 0. The molecule has 5 aliphatic rings. The lowest BCUT2D eigenvalue weighted by Gasteiger charge is -2.38. The summed E-state index contributed by atoms with van der Waals surface area (Å²) in [4.78, 5) is 13.8. The molecule has 0 radical (unpaired) electrons. The molecular weight excluding hydrogens is 438 g/mol. The monoisotopic (exact) mass is 473 g/mol. The number of carbonyl (C=O) groups is 1. The molecule has 0 N–H and O–H groups in total. The van der Waals surface area contributed by atoms with E-state index < -0.39 is 10.0 Å². The van der Waals surface area contributed by atoms with Crippen molar-refractivity contribution in [2.45, 2.75) is 77.2 Å². The van der Waals surface area contributed by atoms with Crippen LogP contribution < -0.4 is 0 Å². The molecule has 2 bridgehead atoms. The Bertz CT molecular complexity index is 1070. The van der Waals surface area contributed by atoms with Gasteiger partial charge in [-0.1, -0.05) is 51.1 Å². The smallest absolute Gasteiger partial charge is 0.239 e. The van der Waals surface area contributed by atoms with Gasteiger partial charge in [0.25, 0.3) is 0 Å². The summed E-state index contributed by atoms with van der Waals surface area (Å²) in [7, 11) is -3.58. The molecule has 1 aromatic carbocycles. The predicted molar refractivity (Wildman–Crippen MR) is 124 cm³/mol. The molecule has 7 heteroatoms. The molecular formula is C26H35NO5S. The molecule has 1 amide bonds. The molecule has 2 saturated heterocycles. The summed E-state index contributed by atoms with van der Waals surface area (Å²) in [6.45, 7) is 7.57. The van der Waals surface area contributed by atoms with Crippen LogP contribution in [0.1, 0.15) is 58.4 Å². The summed E-state index contributed by atoms with van der Waals surface area (Å²) in [5, 5.41) is 0. The van der Waals surface area contributed by atoms with Gasteiger partial charge in [-0.25, -0.2) is 12.7 Å². The van der Waals surface area contributed by atoms with Gasteiger partial charge in [0.1, 0.15) is 5.60 Å². The summed E-state index contributed by atoms with van der Waals surface area (Å²) < 4.78 is 40.1.